The van der Waals surface area contributed by atoms with Gasteiger partial charge in [0.25, 0.3) is 0 Å². The molecule has 2 aromatic rings. The Kier molecular flexibility index (Phi) is 5.52. The summed E-state index contributed by atoms with van der Waals surface area (Å²) < 4.78 is 41.4. The number of nitrogens with zero attached hydrogens (tertiary/aromatic N) is 2. The molecular formula is C21H22BrFN2O3S. The van der Waals surface area contributed by atoms with Crippen LogP contribution in [0.2, 0.25) is 0 Å². The summed E-state index contributed by atoms with van der Waals surface area (Å²) in [6.07, 6.45) is 2.06. The number of benzene rings is 2. The lowest BCUT2D eigenvalue weighted by molar-refractivity contribution is -0.123. The molecule has 5 nitrogen and oxygen atoms in total. The number of sulfonamides is 1. The van der Waals surface area contributed by atoms with Crippen molar-refractivity contribution in [2.24, 2.45) is 5.92 Å². The molecule has 2 aliphatic heterocycles. The standard InChI is InChI=1S/C21H22BrFN2O3S/c1-14-11-16-12-17(22)4-9-20(16)25(14)21(26)15-3-2-10-24(13-15)29(27,28)19-7-5-18(23)6-8-19/h4-9,12,14-15H,2-3,10-11,13H2,1H3/t14-,15+/m0/s1. The van der Waals surface area contributed by atoms with Crippen LogP contribution in [-0.4, -0.2) is 37.8 Å². The van der Waals surface area contributed by atoms with Crippen molar-refractivity contribution in [3.05, 3.63) is 58.3 Å². The van der Waals surface area contributed by atoms with Crippen LogP contribution >= 0.6 is 15.9 Å². The number of hydrogen-bond donors (Lipinski definition) is 0. The van der Waals surface area contributed by atoms with Crippen molar-refractivity contribution < 1.29 is 17.6 Å². The first-order chi connectivity index (χ1) is 13.8. The van der Waals surface area contributed by atoms with Gasteiger partial charge in [-0.15, -0.1) is 0 Å². The summed E-state index contributed by atoms with van der Waals surface area (Å²) in [5, 5.41) is 0. The lowest BCUT2D eigenvalue weighted by atomic mass is 9.97. The second-order valence-electron chi connectivity index (χ2n) is 7.69. The van der Waals surface area contributed by atoms with Crippen LogP contribution in [0.25, 0.3) is 0 Å². The summed E-state index contributed by atoms with van der Waals surface area (Å²) in [7, 11) is -3.76. The van der Waals surface area contributed by atoms with E-state index in [2.05, 4.69) is 15.9 Å². The number of carbonyl (C=O) groups is 1. The van der Waals surface area contributed by atoms with E-state index in [1.807, 2.05) is 30.0 Å². The maximum atomic E-state index is 13.4. The van der Waals surface area contributed by atoms with Gasteiger partial charge in [0.1, 0.15) is 5.82 Å². The zero-order valence-corrected chi connectivity index (χ0v) is 18.4. The Labute approximate surface area is 178 Å². The second-order valence-corrected chi connectivity index (χ2v) is 10.5. The Balaban J connectivity index is 1.56. The van der Waals surface area contributed by atoms with Crippen LogP contribution in [0.15, 0.2) is 51.8 Å². The van der Waals surface area contributed by atoms with Gasteiger partial charge in [-0.25, -0.2) is 12.8 Å². The molecule has 29 heavy (non-hydrogen) atoms. The SMILES string of the molecule is C[C@H]1Cc2cc(Br)ccc2N1C(=O)[C@@H]1CCCN(S(=O)(=O)c2ccc(F)cc2)C1. The molecule has 4 rings (SSSR count). The third kappa shape index (κ3) is 3.85. The van der Waals surface area contributed by atoms with Gasteiger partial charge in [-0.05, 0) is 74.2 Å². The molecule has 0 unspecified atom stereocenters. The molecule has 8 heteroatoms. The summed E-state index contributed by atoms with van der Waals surface area (Å²) >= 11 is 3.47. The number of halogens is 2. The third-order valence-corrected chi connectivity index (χ3v) is 8.05. The number of amides is 1. The lowest BCUT2D eigenvalue weighted by Crippen LogP contribution is -2.48. The topological polar surface area (TPSA) is 57.7 Å². The number of rotatable bonds is 3. The van der Waals surface area contributed by atoms with Crippen molar-refractivity contribution in [3.63, 3.8) is 0 Å². The number of carbonyl (C=O) groups excluding carboxylic acids is 1. The summed E-state index contributed by atoms with van der Waals surface area (Å²) in [5.41, 5.74) is 2.02. The molecule has 154 valence electrons. The highest BCUT2D eigenvalue weighted by Gasteiger charge is 2.39. The molecule has 1 amide bonds. The van der Waals surface area contributed by atoms with Crippen molar-refractivity contribution in [1.82, 2.24) is 4.31 Å². The fraction of sp³-hybridized carbons (Fsp3) is 0.381. The van der Waals surface area contributed by atoms with Gasteiger partial charge >= 0.3 is 0 Å². The van der Waals surface area contributed by atoms with E-state index in [4.69, 9.17) is 0 Å². The Bertz CT molecular complexity index is 1040. The van der Waals surface area contributed by atoms with Crippen LogP contribution in [0.5, 0.6) is 0 Å². The second kappa shape index (κ2) is 7.81. The summed E-state index contributed by atoms with van der Waals surface area (Å²) in [4.78, 5) is 15.2. The van der Waals surface area contributed by atoms with E-state index in [0.717, 1.165) is 34.3 Å². The van der Waals surface area contributed by atoms with Crippen molar-refractivity contribution in [2.45, 2.75) is 37.1 Å². The first-order valence-electron chi connectivity index (χ1n) is 9.64. The maximum Gasteiger partial charge on any atom is 0.243 e. The predicted molar refractivity (Wildman–Crippen MR) is 113 cm³/mol. The molecule has 0 bridgehead atoms. The van der Waals surface area contributed by atoms with Gasteiger partial charge in [0.05, 0.1) is 10.8 Å². The van der Waals surface area contributed by atoms with Gasteiger partial charge in [0.15, 0.2) is 0 Å². The summed E-state index contributed by atoms with van der Waals surface area (Å²) in [6, 6.07) is 10.8. The van der Waals surface area contributed by atoms with Crippen LogP contribution in [0, 0.1) is 11.7 Å². The number of anilines is 1. The highest BCUT2D eigenvalue weighted by Crippen LogP contribution is 2.36. The van der Waals surface area contributed by atoms with Crippen LogP contribution in [-0.2, 0) is 21.2 Å². The van der Waals surface area contributed by atoms with Crippen molar-refractivity contribution in [3.8, 4) is 0 Å². The van der Waals surface area contributed by atoms with Gasteiger partial charge in [-0.3, -0.25) is 4.79 Å². The van der Waals surface area contributed by atoms with Gasteiger partial charge < -0.3 is 4.90 Å². The Hall–Kier alpha value is -1.77. The van der Waals surface area contributed by atoms with Crippen LogP contribution < -0.4 is 4.90 Å². The molecule has 0 saturated carbocycles. The van der Waals surface area contributed by atoms with Gasteiger partial charge in [0, 0.05) is 29.3 Å². The minimum atomic E-state index is -3.76. The Morgan fingerprint density at radius 3 is 2.62 bits per heavy atom. The molecule has 0 radical (unpaired) electrons. The average Bonchev–Trinajstić information content (AvgIpc) is 3.02. The number of piperidine rings is 1. The normalized spacial score (nSPS) is 22.5. The first-order valence-corrected chi connectivity index (χ1v) is 11.9. The average molecular weight is 481 g/mol. The monoisotopic (exact) mass is 480 g/mol. The number of hydrogen-bond acceptors (Lipinski definition) is 3. The molecule has 2 aromatic carbocycles. The predicted octanol–water partition coefficient (Wildman–Crippen LogP) is 3.97. The summed E-state index contributed by atoms with van der Waals surface area (Å²) in [6.45, 7) is 2.53. The van der Waals surface area contributed by atoms with Crippen molar-refractivity contribution in [2.75, 3.05) is 18.0 Å². The fourth-order valence-electron chi connectivity index (χ4n) is 4.25. The van der Waals surface area contributed by atoms with Gasteiger partial charge in [-0.2, -0.15) is 4.31 Å². The largest absolute Gasteiger partial charge is 0.309 e. The summed E-state index contributed by atoms with van der Waals surface area (Å²) in [5.74, 6) is -0.905. The molecule has 1 fully saturated rings. The molecule has 2 atom stereocenters. The van der Waals surface area contributed by atoms with E-state index in [-0.39, 0.29) is 23.4 Å². The van der Waals surface area contributed by atoms with Crippen LogP contribution in [0.1, 0.15) is 25.3 Å². The van der Waals surface area contributed by atoms with E-state index in [0.29, 0.717) is 19.4 Å². The number of fused-ring (bicyclic) bond motifs is 1. The molecule has 0 aromatic heterocycles. The molecule has 0 spiro atoms. The van der Waals surface area contributed by atoms with Crippen molar-refractivity contribution >= 4 is 37.5 Å². The minimum absolute atomic E-state index is 0.0300. The highest BCUT2D eigenvalue weighted by atomic mass is 79.9. The molecule has 0 aliphatic carbocycles. The van der Waals surface area contributed by atoms with E-state index in [1.165, 1.54) is 16.4 Å². The fourth-order valence-corrected chi connectivity index (χ4v) is 6.18. The smallest absolute Gasteiger partial charge is 0.243 e. The maximum absolute atomic E-state index is 13.4. The molecule has 2 aliphatic rings. The van der Waals surface area contributed by atoms with Gasteiger partial charge in [0.2, 0.25) is 15.9 Å². The minimum Gasteiger partial charge on any atom is -0.309 e. The molecular weight excluding hydrogens is 459 g/mol. The zero-order valence-electron chi connectivity index (χ0n) is 16.0. The lowest BCUT2D eigenvalue weighted by Gasteiger charge is -2.34. The zero-order chi connectivity index (χ0) is 20.8. The van der Waals surface area contributed by atoms with E-state index < -0.39 is 21.8 Å². The van der Waals surface area contributed by atoms with E-state index in [9.17, 15) is 17.6 Å². The molecule has 2 heterocycles. The van der Waals surface area contributed by atoms with E-state index >= 15 is 0 Å². The van der Waals surface area contributed by atoms with Gasteiger partial charge in [-0.1, -0.05) is 15.9 Å². The third-order valence-electron chi connectivity index (χ3n) is 5.68. The highest BCUT2D eigenvalue weighted by molar-refractivity contribution is 9.10. The first kappa shape index (κ1) is 20.5. The Morgan fingerprint density at radius 2 is 1.90 bits per heavy atom. The van der Waals surface area contributed by atoms with Crippen LogP contribution in [0.4, 0.5) is 10.1 Å². The van der Waals surface area contributed by atoms with Crippen LogP contribution in [0.3, 0.4) is 0 Å². The van der Waals surface area contributed by atoms with Crippen molar-refractivity contribution in [1.29, 1.82) is 0 Å². The molecule has 1 saturated heterocycles. The molecule has 0 N–H and O–H groups in total. The van der Waals surface area contributed by atoms with E-state index in [1.54, 1.807) is 0 Å². The Morgan fingerprint density at radius 1 is 1.17 bits per heavy atom. The quantitative estimate of drug-likeness (QED) is 0.667.